The first-order valence-corrected chi connectivity index (χ1v) is 5.26. The van der Waals surface area contributed by atoms with Crippen molar-refractivity contribution in [3.05, 3.63) is 0 Å². The van der Waals surface area contributed by atoms with Crippen LogP contribution in [0, 0.1) is 11.8 Å². The lowest BCUT2D eigenvalue weighted by atomic mass is 10.3. The van der Waals surface area contributed by atoms with Crippen LogP contribution >= 0.6 is 0 Å². The Bertz CT molecular complexity index is 203. The van der Waals surface area contributed by atoms with Crippen LogP contribution in [-0.4, -0.2) is 62.3 Å². The molecule has 2 heterocycles. The molecule has 2 unspecified atom stereocenters. The predicted octanol–water partition coefficient (Wildman–Crippen LogP) is -0.123. The van der Waals surface area contributed by atoms with Crippen LogP contribution in [0.4, 0.5) is 0 Å². The van der Waals surface area contributed by atoms with Gasteiger partial charge in [0.15, 0.2) is 0 Å². The van der Waals surface area contributed by atoms with Crippen LogP contribution in [0.25, 0.3) is 0 Å². The van der Waals surface area contributed by atoms with Gasteiger partial charge in [0.25, 0.3) is 0 Å². The summed E-state index contributed by atoms with van der Waals surface area (Å²) in [6, 6.07) is 0.886. The fourth-order valence-corrected chi connectivity index (χ4v) is 2.96. The Balaban J connectivity index is 1.49. The molecular formula is C10H18N2O. The Hall–Kier alpha value is -0.120. The normalized spacial score (nSPS) is 48.2. The molecule has 74 valence electrons. The second-order valence-electron chi connectivity index (χ2n) is 4.96. The lowest BCUT2D eigenvalue weighted by Gasteiger charge is -2.20. The first-order valence-electron chi connectivity index (χ1n) is 5.26. The molecule has 3 heteroatoms. The molecule has 3 aliphatic rings. The molecular weight excluding hydrogens is 164 g/mol. The van der Waals surface area contributed by atoms with E-state index in [1.807, 2.05) is 0 Å². The molecule has 0 spiro atoms. The van der Waals surface area contributed by atoms with Gasteiger partial charge in [-0.3, -0.25) is 4.90 Å². The molecule has 3 rings (SSSR count). The molecule has 2 saturated heterocycles. The molecule has 0 aromatic rings. The highest BCUT2D eigenvalue weighted by molar-refractivity contribution is 5.10. The second kappa shape index (κ2) is 2.69. The Morgan fingerprint density at radius 2 is 1.92 bits per heavy atom. The zero-order valence-corrected chi connectivity index (χ0v) is 8.44. The van der Waals surface area contributed by atoms with Gasteiger partial charge in [0.2, 0.25) is 0 Å². The van der Waals surface area contributed by atoms with Crippen LogP contribution in [0.3, 0.4) is 0 Å². The van der Waals surface area contributed by atoms with Crippen molar-refractivity contribution in [3.63, 3.8) is 0 Å². The summed E-state index contributed by atoms with van der Waals surface area (Å²) in [6.45, 7) is 4.82. The molecule has 13 heavy (non-hydrogen) atoms. The first kappa shape index (κ1) is 8.21. The zero-order chi connectivity index (χ0) is 9.00. The summed E-state index contributed by atoms with van der Waals surface area (Å²) < 4.78 is 5.24. The summed E-state index contributed by atoms with van der Waals surface area (Å²) in [6.07, 6.45) is 0.579. The van der Waals surface area contributed by atoms with E-state index in [4.69, 9.17) is 4.74 Å². The average molecular weight is 182 g/mol. The van der Waals surface area contributed by atoms with Crippen molar-refractivity contribution in [3.8, 4) is 0 Å². The van der Waals surface area contributed by atoms with Crippen molar-refractivity contribution in [2.45, 2.75) is 12.1 Å². The second-order valence-corrected chi connectivity index (χ2v) is 4.96. The smallest absolute Gasteiger partial charge is 0.0936 e. The Morgan fingerprint density at radius 3 is 2.38 bits per heavy atom. The lowest BCUT2D eigenvalue weighted by molar-refractivity contribution is 0.229. The third-order valence-electron chi connectivity index (χ3n) is 3.68. The lowest BCUT2D eigenvalue weighted by Crippen LogP contribution is -2.33. The van der Waals surface area contributed by atoms with Crippen LogP contribution in [0.1, 0.15) is 0 Å². The van der Waals surface area contributed by atoms with Crippen molar-refractivity contribution < 1.29 is 4.74 Å². The molecule has 1 aliphatic carbocycles. The molecule has 2 aliphatic heterocycles. The van der Waals surface area contributed by atoms with Crippen molar-refractivity contribution in [2.24, 2.45) is 11.8 Å². The maximum atomic E-state index is 5.24. The van der Waals surface area contributed by atoms with Gasteiger partial charge in [0.05, 0.1) is 12.7 Å². The number of ether oxygens (including phenoxy) is 1. The summed E-state index contributed by atoms with van der Waals surface area (Å²) in [5.41, 5.74) is 0. The monoisotopic (exact) mass is 182 g/mol. The van der Waals surface area contributed by atoms with Gasteiger partial charge in [-0.15, -0.1) is 0 Å². The van der Waals surface area contributed by atoms with E-state index in [1.165, 1.54) is 19.6 Å². The maximum absolute atomic E-state index is 5.24. The van der Waals surface area contributed by atoms with Crippen molar-refractivity contribution >= 4 is 0 Å². The molecule has 0 aromatic heterocycles. The number of rotatable bonds is 3. The molecule has 0 N–H and O–H groups in total. The third-order valence-corrected chi connectivity index (χ3v) is 3.68. The van der Waals surface area contributed by atoms with Gasteiger partial charge in [-0.25, -0.2) is 0 Å². The Morgan fingerprint density at radius 1 is 1.31 bits per heavy atom. The van der Waals surface area contributed by atoms with Crippen molar-refractivity contribution in [1.29, 1.82) is 0 Å². The third kappa shape index (κ3) is 1.39. The molecule has 1 saturated carbocycles. The number of hydrogen-bond acceptors (Lipinski definition) is 3. The van der Waals surface area contributed by atoms with Crippen LogP contribution in [-0.2, 0) is 4.74 Å². The summed E-state index contributed by atoms with van der Waals surface area (Å²) in [5, 5.41) is 0. The van der Waals surface area contributed by atoms with E-state index in [0.717, 1.165) is 24.5 Å². The van der Waals surface area contributed by atoms with Gasteiger partial charge in [-0.05, 0) is 25.9 Å². The van der Waals surface area contributed by atoms with Gasteiger partial charge in [0.1, 0.15) is 0 Å². The molecule has 0 aromatic carbocycles. The van der Waals surface area contributed by atoms with E-state index < -0.39 is 0 Å². The number of likely N-dealkylation sites (tertiary alicyclic amines) is 1. The van der Waals surface area contributed by atoms with Crippen LogP contribution in [0.2, 0.25) is 0 Å². The summed E-state index contributed by atoms with van der Waals surface area (Å²) >= 11 is 0. The standard InChI is InChI=1S/C10H18N2O/c1-11(2)10-8-4-12(5-9(8)10)3-7-6-13-7/h7-10H,3-6H2,1-2H3/t7-,8?,9?,10?/m1/s1. The molecule has 0 amide bonds. The quantitative estimate of drug-likeness (QED) is 0.567. The van der Waals surface area contributed by atoms with Gasteiger partial charge in [-0.1, -0.05) is 0 Å². The Labute approximate surface area is 79.6 Å². The van der Waals surface area contributed by atoms with E-state index in [1.54, 1.807) is 0 Å². The maximum Gasteiger partial charge on any atom is 0.0936 e. The van der Waals surface area contributed by atoms with E-state index >= 15 is 0 Å². The van der Waals surface area contributed by atoms with Crippen molar-refractivity contribution in [2.75, 3.05) is 40.3 Å². The largest absolute Gasteiger partial charge is 0.372 e. The zero-order valence-electron chi connectivity index (χ0n) is 8.44. The molecule has 3 nitrogen and oxygen atoms in total. The Kier molecular flexibility index (Phi) is 1.70. The number of piperidine rings is 1. The number of epoxide rings is 1. The van der Waals surface area contributed by atoms with Crippen LogP contribution in [0.5, 0.6) is 0 Å². The molecule has 0 radical (unpaired) electrons. The van der Waals surface area contributed by atoms with Gasteiger partial charge in [0, 0.05) is 25.7 Å². The van der Waals surface area contributed by atoms with Crippen LogP contribution in [0.15, 0.2) is 0 Å². The van der Waals surface area contributed by atoms with Crippen LogP contribution < -0.4 is 0 Å². The predicted molar refractivity (Wildman–Crippen MR) is 50.6 cm³/mol. The fourth-order valence-electron chi connectivity index (χ4n) is 2.96. The molecule has 3 atom stereocenters. The molecule has 3 fully saturated rings. The summed E-state index contributed by atoms with van der Waals surface area (Å²) in [7, 11) is 4.41. The highest BCUT2D eigenvalue weighted by Gasteiger charge is 2.56. The van der Waals surface area contributed by atoms with E-state index in [2.05, 4.69) is 23.9 Å². The summed E-state index contributed by atoms with van der Waals surface area (Å²) in [5.74, 6) is 1.93. The SMILES string of the molecule is CN(C)C1C2CN(C[C@@H]3CO3)CC21. The number of nitrogens with zero attached hydrogens (tertiary/aromatic N) is 2. The highest BCUT2D eigenvalue weighted by atomic mass is 16.6. The average Bonchev–Trinajstić information content (AvgIpc) is 2.93. The topological polar surface area (TPSA) is 19.0 Å². The summed E-state index contributed by atoms with van der Waals surface area (Å²) in [4.78, 5) is 4.97. The highest BCUT2D eigenvalue weighted by Crippen LogP contribution is 2.48. The first-order chi connectivity index (χ1) is 6.25. The minimum Gasteiger partial charge on any atom is -0.372 e. The van der Waals surface area contributed by atoms with E-state index in [0.29, 0.717) is 6.10 Å². The van der Waals surface area contributed by atoms with E-state index in [9.17, 15) is 0 Å². The van der Waals surface area contributed by atoms with Crippen molar-refractivity contribution in [1.82, 2.24) is 9.80 Å². The van der Waals surface area contributed by atoms with Gasteiger partial charge >= 0.3 is 0 Å². The van der Waals surface area contributed by atoms with Gasteiger partial charge < -0.3 is 9.64 Å². The van der Waals surface area contributed by atoms with Gasteiger partial charge in [-0.2, -0.15) is 0 Å². The van der Waals surface area contributed by atoms with E-state index in [-0.39, 0.29) is 0 Å². The number of fused-ring (bicyclic) bond motifs is 1. The minimum absolute atomic E-state index is 0.579. The molecule has 0 bridgehead atoms. The number of hydrogen-bond donors (Lipinski definition) is 0. The fraction of sp³-hybridized carbons (Fsp3) is 1.00. The minimum atomic E-state index is 0.579.